The summed E-state index contributed by atoms with van der Waals surface area (Å²) < 4.78 is 4.71. The van der Waals surface area contributed by atoms with Crippen LogP contribution in [0.4, 0.5) is 4.79 Å². The van der Waals surface area contributed by atoms with Crippen LogP contribution in [0.25, 0.3) is 22.2 Å². The van der Waals surface area contributed by atoms with Crippen molar-refractivity contribution in [3.05, 3.63) is 65.2 Å². The Morgan fingerprint density at radius 3 is 2.55 bits per heavy atom. The van der Waals surface area contributed by atoms with Crippen LogP contribution in [0.3, 0.4) is 0 Å². The van der Waals surface area contributed by atoms with Crippen molar-refractivity contribution in [2.45, 2.75) is 13.3 Å². The number of nitrogens with one attached hydrogen (secondary N) is 3. The fourth-order valence-corrected chi connectivity index (χ4v) is 3.12. The monoisotopic (exact) mass is 440 g/mol. The number of hydrazine groups is 1. The Balaban J connectivity index is 1.74. The zero-order valence-electron chi connectivity index (χ0n) is 16.8. The van der Waals surface area contributed by atoms with Crippen molar-refractivity contribution in [2.75, 3.05) is 13.2 Å². The Hall–Kier alpha value is -3.65. The topological polar surface area (TPSA) is 109 Å². The van der Waals surface area contributed by atoms with Crippen LogP contribution in [-0.4, -0.2) is 36.0 Å². The molecule has 31 heavy (non-hydrogen) atoms. The fraction of sp³-hybridized carbons (Fsp3) is 0.182. The van der Waals surface area contributed by atoms with Crippen molar-refractivity contribution in [1.82, 2.24) is 21.2 Å². The van der Waals surface area contributed by atoms with E-state index in [9.17, 15) is 14.4 Å². The molecular formula is C22H21ClN4O4. The minimum atomic E-state index is -0.602. The van der Waals surface area contributed by atoms with Crippen LogP contribution in [0.15, 0.2) is 54.6 Å². The second-order valence-corrected chi connectivity index (χ2v) is 6.86. The van der Waals surface area contributed by atoms with Gasteiger partial charge in [-0.25, -0.2) is 9.78 Å². The second kappa shape index (κ2) is 10.4. The number of hydrogen-bond donors (Lipinski definition) is 3. The number of halogens is 1. The third-order valence-corrected chi connectivity index (χ3v) is 4.65. The number of fused-ring (bicyclic) bond motifs is 1. The van der Waals surface area contributed by atoms with Gasteiger partial charge >= 0.3 is 6.09 Å². The number of benzene rings is 2. The summed E-state index contributed by atoms with van der Waals surface area (Å²) in [4.78, 5) is 40.6. The molecular weight excluding hydrogens is 420 g/mol. The van der Waals surface area contributed by atoms with Crippen molar-refractivity contribution < 1.29 is 19.1 Å². The van der Waals surface area contributed by atoms with Gasteiger partial charge in [-0.3, -0.25) is 20.4 Å². The number of carbonyl (C=O) groups excluding carboxylic acids is 3. The van der Waals surface area contributed by atoms with Crippen LogP contribution in [0, 0.1) is 0 Å². The van der Waals surface area contributed by atoms with Crippen LogP contribution >= 0.6 is 11.6 Å². The second-order valence-electron chi connectivity index (χ2n) is 6.45. The average Bonchev–Trinajstić information content (AvgIpc) is 2.77. The van der Waals surface area contributed by atoms with Gasteiger partial charge in [-0.1, -0.05) is 48.0 Å². The first-order chi connectivity index (χ1) is 15.0. The summed E-state index contributed by atoms with van der Waals surface area (Å²) in [7, 11) is 0. The number of carbonyl (C=O) groups is 3. The van der Waals surface area contributed by atoms with Gasteiger partial charge in [-0.2, -0.15) is 0 Å². The van der Waals surface area contributed by atoms with E-state index in [1.807, 2.05) is 24.3 Å². The first-order valence-corrected chi connectivity index (χ1v) is 10.0. The molecule has 0 fully saturated rings. The third kappa shape index (κ3) is 5.70. The standard InChI is InChI=1S/C22H21ClN4O4/c1-2-31-22(30)24-12-11-20(28)26-27-21(29)16-13-19(15-8-3-5-9-17(15)23)25-18-10-6-4-7-14(16)18/h3-10,13H,2,11-12H2,1H3,(H,24,30)(H,26,28)(H,27,29). The quantitative estimate of drug-likeness (QED) is 0.508. The SMILES string of the molecule is CCOC(=O)NCCC(=O)NNC(=O)c1cc(-c2ccccc2Cl)nc2ccccc12. The molecule has 0 unspecified atom stereocenters. The molecule has 0 spiro atoms. The van der Waals surface area contributed by atoms with E-state index < -0.39 is 17.9 Å². The molecule has 9 heteroatoms. The highest BCUT2D eigenvalue weighted by atomic mass is 35.5. The van der Waals surface area contributed by atoms with Gasteiger partial charge in [0.05, 0.1) is 23.4 Å². The number of rotatable bonds is 6. The van der Waals surface area contributed by atoms with Gasteiger partial charge in [0.25, 0.3) is 5.91 Å². The maximum absolute atomic E-state index is 12.8. The molecule has 0 atom stereocenters. The van der Waals surface area contributed by atoms with E-state index in [-0.39, 0.29) is 19.6 Å². The largest absolute Gasteiger partial charge is 0.450 e. The van der Waals surface area contributed by atoms with Crippen LogP contribution in [0.1, 0.15) is 23.7 Å². The van der Waals surface area contributed by atoms with E-state index in [0.717, 1.165) is 0 Å². The first kappa shape index (κ1) is 22.0. The molecule has 0 bridgehead atoms. The van der Waals surface area contributed by atoms with Crippen molar-refractivity contribution >= 4 is 40.4 Å². The number of nitrogens with zero attached hydrogens (tertiary/aromatic N) is 1. The summed E-state index contributed by atoms with van der Waals surface area (Å²) in [6.07, 6.45) is -0.629. The molecule has 0 aliphatic carbocycles. The van der Waals surface area contributed by atoms with Crippen LogP contribution in [-0.2, 0) is 9.53 Å². The maximum Gasteiger partial charge on any atom is 0.407 e. The summed E-state index contributed by atoms with van der Waals surface area (Å²) in [6.45, 7) is 2.00. The molecule has 3 aromatic rings. The lowest BCUT2D eigenvalue weighted by Crippen LogP contribution is -2.43. The molecule has 3 amide bonds. The number of alkyl carbamates (subject to hydrolysis) is 1. The molecule has 0 aliphatic rings. The van der Waals surface area contributed by atoms with E-state index in [4.69, 9.17) is 16.3 Å². The molecule has 0 aliphatic heterocycles. The highest BCUT2D eigenvalue weighted by Crippen LogP contribution is 2.29. The summed E-state index contributed by atoms with van der Waals surface area (Å²) in [5, 5.41) is 3.58. The zero-order chi connectivity index (χ0) is 22.2. The van der Waals surface area contributed by atoms with E-state index in [1.165, 1.54) is 0 Å². The Morgan fingerprint density at radius 2 is 1.77 bits per heavy atom. The Labute approximate surface area is 183 Å². The Kier molecular flexibility index (Phi) is 7.40. The zero-order valence-corrected chi connectivity index (χ0v) is 17.5. The number of ether oxygens (including phenoxy) is 1. The summed E-state index contributed by atoms with van der Waals surface area (Å²) >= 11 is 6.30. The Bertz CT molecular complexity index is 1120. The third-order valence-electron chi connectivity index (χ3n) is 4.32. The normalized spacial score (nSPS) is 10.4. The highest BCUT2D eigenvalue weighted by Gasteiger charge is 2.16. The number of aromatic nitrogens is 1. The maximum atomic E-state index is 12.8. The van der Waals surface area contributed by atoms with Gasteiger partial charge in [-0.05, 0) is 25.1 Å². The molecule has 1 aromatic heterocycles. The van der Waals surface area contributed by atoms with Gasteiger partial charge in [0.2, 0.25) is 5.91 Å². The number of hydrogen-bond acceptors (Lipinski definition) is 5. The fourth-order valence-electron chi connectivity index (χ4n) is 2.89. The van der Waals surface area contributed by atoms with Crippen LogP contribution in [0.2, 0.25) is 5.02 Å². The van der Waals surface area contributed by atoms with Gasteiger partial charge < -0.3 is 10.1 Å². The molecule has 3 N–H and O–H groups in total. The minimum Gasteiger partial charge on any atom is -0.450 e. The van der Waals surface area contributed by atoms with Crippen molar-refractivity contribution in [3.63, 3.8) is 0 Å². The van der Waals surface area contributed by atoms with Crippen LogP contribution in [0.5, 0.6) is 0 Å². The predicted octanol–water partition coefficient (Wildman–Crippen LogP) is 3.45. The predicted molar refractivity (Wildman–Crippen MR) is 117 cm³/mol. The molecule has 2 aromatic carbocycles. The molecule has 0 radical (unpaired) electrons. The molecule has 1 heterocycles. The van der Waals surface area contributed by atoms with Crippen molar-refractivity contribution in [2.24, 2.45) is 0 Å². The van der Waals surface area contributed by atoms with Crippen molar-refractivity contribution in [1.29, 1.82) is 0 Å². The minimum absolute atomic E-state index is 0.0267. The number of amides is 3. The van der Waals surface area contributed by atoms with Crippen LogP contribution < -0.4 is 16.2 Å². The lowest BCUT2D eigenvalue weighted by atomic mass is 10.0. The summed E-state index contributed by atoms with van der Waals surface area (Å²) in [5.74, 6) is -0.964. The average molecular weight is 441 g/mol. The number of pyridine rings is 1. The summed E-state index contributed by atoms with van der Waals surface area (Å²) in [6, 6.07) is 16.0. The van der Waals surface area contributed by atoms with E-state index >= 15 is 0 Å². The smallest absolute Gasteiger partial charge is 0.407 e. The van der Waals surface area contributed by atoms with E-state index in [2.05, 4.69) is 21.2 Å². The van der Waals surface area contributed by atoms with Crippen molar-refractivity contribution in [3.8, 4) is 11.3 Å². The van der Waals surface area contributed by atoms with Gasteiger partial charge in [0, 0.05) is 28.9 Å². The molecule has 0 saturated carbocycles. The molecule has 160 valence electrons. The van der Waals surface area contributed by atoms with Gasteiger partial charge in [0.1, 0.15) is 0 Å². The first-order valence-electron chi connectivity index (χ1n) is 9.64. The van der Waals surface area contributed by atoms with Gasteiger partial charge in [0.15, 0.2) is 0 Å². The van der Waals surface area contributed by atoms with E-state index in [1.54, 1.807) is 37.3 Å². The highest BCUT2D eigenvalue weighted by molar-refractivity contribution is 6.33. The lowest BCUT2D eigenvalue weighted by Gasteiger charge is -2.12. The number of para-hydroxylation sites is 1. The molecule has 8 nitrogen and oxygen atoms in total. The Morgan fingerprint density at radius 1 is 1.03 bits per heavy atom. The summed E-state index contributed by atoms with van der Waals surface area (Å²) in [5.41, 5.74) is 6.94. The van der Waals surface area contributed by atoms with Gasteiger partial charge in [-0.15, -0.1) is 0 Å². The molecule has 0 saturated heterocycles. The van der Waals surface area contributed by atoms with E-state index in [0.29, 0.717) is 32.7 Å². The lowest BCUT2D eigenvalue weighted by molar-refractivity contribution is -0.121. The molecule has 3 rings (SSSR count).